The lowest BCUT2D eigenvalue weighted by atomic mass is 10.2. The number of alkyl halides is 2. The van der Waals surface area contributed by atoms with E-state index in [1.807, 2.05) is 4.90 Å². The van der Waals surface area contributed by atoms with Crippen LogP contribution >= 0.6 is 11.3 Å². The molecular formula is C16H22F2N2OS. The Kier molecular flexibility index (Phi) is 4.78. The third-order valence-electron chi connectivity index (χ3n) is 4.53. The third kappa shape index (κ3) is 3.66. The molecule has 2 aliphatic rings. The summed E-state index contributed by atoms with van der Waals surface area (Å²) in [5, 5.41) is 0. The number of hydrogen-bond donors (Lipinski definition) is 0. The van der Waals surface area contributed by atoms with Crippen LogP contribution in [-0.4, -0.2) is 54.9 Å². The van der Waals surface area contributed by atoms with E-state index >= 15 is 0 Å². The molecule has 2 fully saturated rings. The SMILES string of the molecule is Cc1ccc([C@@H]2C[C@@H]2C(=O)N2CCCN(CC(F)F)CC2)s1. The van der Waals surface area contributed by atoms with E-state index in [0.29, 0.717) is 32.1 Å². The summed E-state index contributed by atoms with van der Waals surface area (Å²) in [4.78, 5) is 18.8. The van der Waals surface area contributed by atoms with E-state index in [1.165, 1.54) is 9.75 Å². The van der Waals surface area contributed by atoms with Crippen molar-refractivity contribution in [2.45, 2.75) is 32.1 Å². The maximum absolute atomic E-state index is 12.6. The molecule has 22 heavy (non-hydrogen) atoms. The number of carbonyl (C=O) groups is 1. The van der Waals surface area contributed by atoms with Gasteiger partial charge in [0.2, 0.25) is 5.91 Å². The molecular weight excluding hydrogens is 306 g/mol. The molecule has 0 aromatic carbocycles. The Hall–Kier alpha value is -1.01. The molecule has 6 heteroatoms. The second-order valence-corrected chi connectivity index (χ2v) is 7.59. The van der Waals surface area contributed by atoms with Crippen LogP contribution in [0.25, 0.3) is 0 Å². The summed E-state index contributed by atoms with van der Waals surface area (Å²) in [7, 11) is 0. The van der Waals surface area contributed by atoms with Crippen LogP contribution in [0.1, 0.15) is 28.5 Å². The van der Waals surface area contributed by atoms with Gasteiger partial charge in [-0.05, 0) is 31.9 Å². The number of aryl methyl sites for hydroxylation is 1. The van der Waals surface area contributed by atoms with Crippen molar-refractivity contribution in [2.75, 3.05) is 32.7 Å². The summed E-state index contributed by atoms with van der Waals surface area (Å²) in [6.07, 6.45) is -0.568. The van der Waals surface area contributed by atoms with Gasteiger partial charge in [0.25, 0.3) is 6.43 Å². The molecule has 1 aliphatic carbocycles. The molecule has 1 amide bonds. The lowest BCUT2D eigenvalue weighted by Gasteiger charge is -2.22. The van der Waals surface area contributed by atoms with Crippen LogP contribution in [0.4, 0.5) is 8.78 Å². The first-order valence-electron chi connectivity index (χ1n) is 7.90. The van der Waals surface area contributed by atoms with Gasteiger partial charge in [0.05, 0.1) is 6.54 Å². The third-order valence-corrected chi connectivity index (χ3v) is 5.66. The highest BCUT2D eigenvalue weighted by atomic mass is 32.1. The number of halogens is 2. The molecule has 2 atom stereocenters. The Balaban J connectivity index is 1.53. The fraction of sp³-hybridized carbons (Fsp3) is 0.688. The van der Waals surface area contributed by atoms with E-state index in [1.54, 1.807) is 16.2 Å². The van der Waals surface area contributed by atoms with Gasteiger partial charge in [-0.1, -0.05) is 0 Å². The Morgan fingerprint density at radius 2 is 2.14 bits per heavy atom. The number of carbonyl (C=O) groups excluding carboxylic acids is 1. The van der Waals surface area contributed by atoms with E-state index in [4.69, 9.17) is 0 Å². The highest BCUT2D eigenvalue weighted by Gasteiger charge is 2.46. The van der Waals surface area contributed by atoms with Gasteiger partial charge in [-0.15, -0.1) is 11.3 Å². The Morgan fingerprint density at radius 3 is 2.82 bits per heavy atom. The van der Waals surface area contributed by atoms with E-state index in [0.717, 1.165) is 12.8 Å². The Bertz CT molecular complexity index is 534. The van der Waals surface area contributed by atoms with Crippen LogP contribution in [0.3, 0.4) is 0 Å². The number of thiophene rings is 1. The van der Waals surface area contributed by atoms with Crippen LogP contribution in [0, 0.1) is 12.8 Å². The molecule has 0 N–H and O–H groups in total. The number of amides is 1. The maximum Gasteiger partial charge on any atom is 0.251 e. The molecule has 1 aromatic heterocycles. The summed E-state index contributed by atoms with van der Waals surface area (Å²) in [6, 6.07) is 4.23. The zero-order chi connectivity index (χ0) is 15.7. The van der Waals surface area contributed by atoms with Crippen molar-refractivity contribution in [1.29, 1.82) is 0 Å². The predicted molar refractivity (Wildman–Crippen MR) is 83.5 cm³/mol. The second-order valence-electron chi connectivity index (χ2n) is 6.27. The largest absolute Gasteiger partial charge is 0.341 e. The Morgan fingerprint density at radius 1 is 1.32 bits per heavy atom. The molecule has 1 aliphatic heterocycles. The molecule has 3 nitrogen and oxygen atoms in total. The van der Waals surface area contributed by atoms with Gasteiger partial charge in [0, 0.05) is 47.8 Å². The Labute approximate surface area is 133 Å². The molecule has 1 saturated heterocycles. The summed E-state index contributed by atoms with van der Waals surface area (Å²) < 4.78 is 24.9. The van der Waals surface area contributed by atoms with E-state index in [9.17, 15) is 13.6 Å². The van der Waals surface area contributed by atoms with E-state index < -0.39 is 6.43 Å². The molecule has 1 saturated carbocycles. The van der Waals surface area contributed by atoms with Crippen LogP contribution in [0.5, 0.6) is 0 Å². The van der Waals surface area contributed by atoms with Gasteiger partial charge in [-0.2, -0.15) is 0 Å². The highest BCUT2D eigenvalue weighted by Crippen LogP contribution is 2.50. The number of nitrogens with zero attached hydrogens (tertiary/aromatic N) is 2. The molecule has 2 heterocycles. The van der Waals surface area contributed by atoms with Crippen LogP contribution in [0.15, 0.2) is 12.1 Å². The van der Waals surface area contributed by atoms with Gasteiger partial charge in [0.15, 0.2) is 0 Å². The van der Waals surface area contributed by atoms with Gasteiger partial charge in [-0.25, -0.2) is 8.78 Å². The van der Waals surface area contributed by atoms with Gasteiger partial charge in [0.1, 0.15) is 0 Å². The summed E-state index contributed by atoms with van der Waals surface area (Å²) >= 11 is 1.78. The fourth-order valence-electron chi connectivity index (χ4n) is 3.24. The minimum absolute atomic E-state index is 0.111. The minimum atomic E-state index is -2.29. The van der Waals surface area contributed by atoms with Gasteiger partial charge in [-0.3, -0.25) is 9.69 Å². The average molecular weight is 328 g/mol. The minimum Gasteiger partial charge on any atom is -0.341 e. The van der Waals surface area contributed by atoms with Crippen LogP contribution < -0.4 is 0 Å². The van der Waals surface area contributed by atoms with Gasteiger partial charge >= 0.3 is 0 Å². The predicted octanol–water partition coefficient (Wildman–Crippen LogP) is 2.96. The lowest BCUT2D eigenvalue weighted by molar-refractivity contribution is -0.132. The van der Waals surface area contributed by atoms with Crippen LogP contribution in [0.2, 0.25) is 0 Å². The second kappa shape index (κ2) is 6.62. The first-order valence-corrected chi connectivity index (χ1v) is 8.72. The van der Waals surface area contributed by atoms with Crippen molar-refractivity contribution in [1.82, 2.24) is 9.80 Å². The fourth-order valence-corrected chi connectivity index (χ4v) is 4.29. The highest BCUT2D eigenvalue weighted by molar-refractivity contribution is 7.12. The first-order chi connectivity index (χ1) is 10.5. The lowest BCUT2D eigenvalue weighted by Crippen LogP contribution is -2.37. The average Bonchev–Trinajstić information content (AvgIpc) is 3.19. The maximum atomic E-state index is 12.6. The van der Waals surface area contributed by atoms with Crippen molar-refractivity contribution in [3.8, 4) is 0 Å². The summed E-state index contributed by atoms with van der Waals surface area (Å²) in [5.74, 6) is 0.710. The number of hydrogen-bond acceptors (Lipinski definition) is 3. The van der Waals surface area contributed by atoms with Crippen molar-refractivity contribution in [3.05, 3.63) is 21.9 Å². The molecule has 1 aromatic rings. The zero-order valence-electron chi connectivity index (χ0n) is 12.8. The van der Waals surface area contributed by atoms with Crippen LogP contribution in [-0.2, 0) is 4.79 Å². The zero-order valence-corrected chi connectivity index (χ0v) is 13.6. The molecule has 3 rings (SSSR count). The molecule has 122 valence electrons. The standard InChI is InChI=1S/C16H22F2N2OS/c1-11-3-4-14(22-11)12-9-13(12)16(21)20-6-2-5-19(7-8-20)10-15(17)18/h3-4,12-13,15H,2,5-10H2,1H3/t12-,13+/m1/s1. The monoisotopic (exact) mass is 328 g/mol. The van der Waals surface area contributed by atoms with Crippen molar-refractivity contribution >= 4 is 17.2 Å². The normalized spacial score (nSPS) is 26.3. The van der Waals surface area contributed by atoms with E-state index in [-0.39, 0.29) is 18.4 Å². The van der Waals surface area contributed by atoms with Crippen molar-refractivity contribution < 1.29 is 13.6 Å². The molecule has 0 bridgehead atoms. The molecule has 0 spiro atoms. The first kappa shape index (κ1) is 15.9. The number of rotatable bonds is 4. The summed E-state index contributed by atoms with van der Waals surface area (Å²) in [5.41, 5.74) is 0. The smallest absolute Gasteiger partial charge is 0.251 e. The summed E-state index contributed by atoms with van der Waals surface area (Å²) in [6.45, 7) is 4.41. The quantitative estimate of drug-likeness (QED) is 0.848. The molecule has 0 radical (unpaired) electrons. The van der Waals surface area contributed by atoms with E-state index in [2.05, 4.69) is 19.1 Å². The van der Waals surface area contributed by atoms with Crippen molar-refractivity contribution in [3.63, 3.8) is 0 Å². The molecule has 0 unspecified atom stereocenters. The topological polar surface area (TPSA) is 23.6 Å². The van der Waals surface area contributed by atoms with Gasteiger partial charge < -0.3 is 4.90 Å². The van der Waals surface area contributed by atoms with Crippen molar-refractivity contribution in [2.24, 2.45) is 5.92 Å².